The Bertz CT molecular complexity index is 1200. The summed E-state index contributed by atoms with van der Waals surface area (Å²) in [5.74, 6) is -0.903. The number of nitrogens with one attached hydrogen (secondary N) is 2. The first kappa shape index (κ1) is 22.3. The van der Waals surface area contributed by atoms with Gasteiger partial charge in [-0.3, -0.25) is 30.6 Å². The fourth-order valence-electron chi connectivity index (χ4n) is 2.66. The van der Waals surface area contributed by atoms with Gasteiger partial charge in [0.25, 0.3) is 17.5 Å². The van der Waals surface area contributed by atoms with Crippen LogP contribution in [-0.4, -0.2) is 23.3 Å². The van der Waals surface area contributed by atoms with Gasteiger partial charge in [0.05, 0.1) is 27.1 Å². The van der Waals surface area contributed by atoms with Gasteiger partial charge < -0.3 is 4.74 Å². The lowest BCUT2D eigenvalue weighted by molar-refractivity contribution is -0.384. The number of nitrogens with zero attached hydrogens (tertiary/aromatic N) is 2. The van der Waals surface area contributed by atoms with Crippen molar-refractivity contribution < 1.29 is 19.2 Å². The van der Waals surface area contributed by atoms with Gasteiger partial charge in [0.2, 0.25) is 0 Å². The minimum atomic E-state index is -0.731. The fraction of sp³-hybridized carbons (Fsp3) is 0.0455. The Balaban J connectivity index is 1.50. The molecule has 9 nitrogen and oxygen atoms in total. The van der Waals surface area contributed by atoms with Gasteiger partial charge in [-0.1, -0.05) is 35.9 Å². The predicted molar refractivity (Wildman–Crippen MR) is 116 cm³/mol. The van der Waals surface area contributed by atoms with E-state index in [1.807, 2.05) is 24.3 Å². The summed E-state index contributed by atoms with van der Waals surface area (Å²) >= 11 is 5.88. The van der Waals surface area contributed by atoms with Crippen LogP contribution in [0.2, 0.25) is 5.02 Å². The molecule has 10 heteroatoms. The molecule has 0 bridgehead atoms. The highest BCUT2D eigenvalue weighted by atomic mass is 35.5. The molecule has 0 saturated carbocycles. The largest absolute Gasteiger partial charge is 0.484 e. The number of hydrazine groups is 1. The standard InChI is InChI=1S/C22H15ClN4O5/c23-20-11-17(27(30)31)7-10-19(20)22(29)26-25-21(28)13-32-18-8-5-16(6-9-18)15-3-1-14(12-24)2-4-15/h1-11H,13H2,(H,25,28)(H,26,29). The molecule has 0 unspecified atom stereocenters. The zero-order valence-corrected chi connectivity index (χ0v) is 17.1. The van der Waals surface area contributed by atoms with Gasteiger partial charge in [-0.25, -0.2) is 0 Å². The molecule has 0 spiro atoms. The van der Waals surface area contributed by atoms with E-state index in [4.69, 9.17) is 21.6 Å². The van der Waals surface area contributed by atoms with Crippen molar-refractivity contribution in [1.29, 1.82) is 5.26 Å². The third kappa shape index (κ3) is 5.59. The van der Waals surface area contributed by atoms with Gasteiger partial charge in [0.15, 0.2) is 6.61 Å². The van der Waals surface area contributed by atoms with Gasteiger partial charge in [0.1, 0.15) is 5.75 Å². The third-order valence-corrected chi connectivity index (χ3v) is 4.61. The summed E-state index contributed by atoms with van der Waals surface area (Å²) in [5, 5.41) is 19.5. The monoisotopic (exact) mass is 450 g/mol. The quantitative estimate of drug-likeness (QED) is 0.435. The summed E-state index contributed by atoms with van der Waals surface area (Å²) in [6, 6.07) is 19.6. The number of halogens is 1. The summed E-state index contributed by atoms with van der Waals surface area (Å²) < 4.78 is 5.39. The molecule has 0 aromatic heterocycles. The second-order valence-corrected chi connectivity index (χ2v) is 6.83. The highest BCUT2D eigenvalue weighted by Crippen LogP contribution is 2.23. The second kappa shape index (κ2) is 10.1. The van der Waals surface area contributed by atoms with Crippen molar-refractivity contribution in [3.05, 3.63) is 93.0 Å². The highest BCUT2D eigenvalue weighted by molar-refractivity contribution is 6.34. The number of carbonyl (C=O) groups excluding carboxylic acids is 2. The Hall–Kier alpha value is -4.42. The lowest BCUT2D eigenvalue weighted by atomic mass is 10.0. The molecular formula is C22H15ClN4O5. The zero-order valence-electron chi connectivity index (χ0n) is 16.4. The SMILES string of the molecule is N#Cc1ccc(-c2ccc(OCC(=O)NNC(=O)c3ccc([N+](=O)[O-])cc3Cl)cc2)cc1. The first-order valence-corrected chi connectivity index (χ1v) is 9.51. The van der Waals surface area contributed by atoms with Crippen molar-refractivity contribution in [2.24, 2.45) is 0 Å². The van der Waals surface area contributed by atoms with E-state index in [0.717, 1.165) is 23.3 Å². The zero-order chi connectivity index (χ0) is 23.1. The Labute approximate surface area is 187 Å². The van der Waals surface area contributed by atoms with Crippen LogP contribution in [-0.2, 0) is 4.79 Å². The molecule has 0 aliphatic rings. The molecule has 0 saturated heterocycles. The van der Waals surface area contributed by atoms with Gasteiger partial charge in [-0.15, -0.1) is 0 Å². The molecule has 0 radical (unpaired) electrons. The number of rotatable bonds is 6. The Morgan fingerprint density at radius 1 is 1.00 bits per heavy atom. The van der Waals surface area contributed by atoms with Gasteiger partial charge in [0, 0.05) is 12.1 Å². The van der Waals surface area contributed by atoms with Crippen LogP contribution in [0.1, 0.15) is 15.9 Å². The molecule has 0 aliphatic heterocycles. The third-order valence-electron chi connectivity index (χ3n) is 4.30. The molecular weight excluding hydrogens is 436 g/mol. The van der Waals surface area contributed by atoms with Crippen LogP contribution in [0.4, 0.5) is 5.69 Å². The van der Waals surface area contributed by atoms with E-state index >= 15 is 0 Å². The van der Waals surface area contributed by atoms with E-state index in [1.165, 1.54) is 6.07 Å². The minimum Gasteiger partial charge on any atom is -0.484 e. The van der Waals surface area contributed by atoms with Crippen LogP contribution < -0.4 is 15.6 Å². The minimum absolute atomic E-state index is 0.0307. The number of benzene rings is 3. The second-order valence-electron chi connectivity index (χ2n) is 6.43. The van der Waals surface area contributed by atoms with Gasteiger partial charge in [-0.05, 0) is 41.5 Å². The number of carbonyl (C=O) groups is 2. The highest BCUT2D eigenvalue weighted by Gasteiger charge is 2.15. The van der Waals surface area contributed by atoms with Crippen molar-refractivity contribution in [1.82, 2.24) is 10.9 Å². The number of amides is 2. The average molecular weight is 451 g/mol. The molecule has 160 valence electrons. The van der Waals surface area contributed by atoms with E-state index in [9.17, 15) is 19.7 Å². The molecule has 0 heterocycles. The Morgan fingerprint density at radius 3 is 2.19 bits per heavy atom. The number of nitro groups is 1. The maximum atomic E-state index is 12.1. The molecule has 0 atom stereocenters. The molecule has 3 rings (SSSR count). The van der Waals surface area contributed by atoms with Crippen LogP contribution in [0.5, 0.6) is 5.75 Å². The van der Waals surface area contributed by atoms with Crippen LogP contribution in [0.15, 0.2) is 66.7 Å². The van der Waals surface area contributed by atoms with Crippen LogP contribution in [0, 0.1) is 21.4 Å². The van der Waals surface area contributed by atoms with Crippen LogP contribution in [0.3, 0.4) is 0 Å². The predicted octanol–water partition coefficient (Wildman–Crippen LogP) is 3.63. The lowest BCUT2D eigenvalue weighted by Gasteiger charge is -2.10. The van der Waals surface area contributed by atoms with E-state index in [2.05, 4.69) is 16.9 Å². The molecule has 2 amide bonds. The normalized spacial score (nSPS) is 10.0. The number of ether oxygens (including phenoxy) is 1. The van der Waals surface area contributed by atoms with Crippen molar-refractivity contribution in [3.8, 4) is 22.9 Å². The molecule has 3 aromatic carbocycles. The first-order chi connectivity index (χ1) is 15.4. The van der Waals surface area contributed by atoms with Gasteiger partial charge in [-0.2, -0.15) is 5.26 Å². The molecule has 3 aromatic rings. The average Bonchev–Trinajstić information content (AvgIpc) is 2.81. The Morgan fingerprint density at radius 2 is 1.62 bits per heavy atom. The fourth-order valence-corrected chi connectivity index (χ4v) is 2.92. The van der Waals surface area contributed by atoms with Crippen molar-refractivity contribution in [3.63, 3.8) is 0 Å². The molecule has 0 fully saturated rings. The van der Waals surface area contributed by atoms with Gasteiger partial charge >= 0.3 is 0 Å². The maximum absolute atomic E-state index is 12.1. The van der Waals surface area contributed by atoms with Crippen molar-refractivity contribution in [2.75, 3.05) is 6.61 Å². The first-order valence-electron chi connectivity index (χ1n) is 9.14. The summed E-state index contributed by atoms with van der Waals surface area (Å²) in [5.41, 5.74) is 6.48. The summed E-state index contributed by atoms with van der Waals surface area (Å²) in [7, 11) is 0. The number of hydrogen-bond donors (Lipinski definition) is 2. The molecule has 32 heavy (non-hydrogen) atoms. The number of non-ortho nitro benzene ring substituents is 1. The number of nitriles is 1. The van der Waals surface area contributed by atoms with E-state index in [0.29, 0.717) is 11.3 Å². The lowest BCUT2D eigenvalue weighted by Crippen LogP contribution is -2.43. The van der Waals surface area contributed by atoms with Crippen molar-refractivity contribution in [2.45, 2.75) is 0 Å². The van der Waals surface area contributed by atoms with Crippen molar-refractivity contribution >= 4 is 29.1 Å². The smallest absolute Gasteiger partial charge is 0.276 e. The number of nitro benzene ring substituents is 1. The Kier molecular flexibility index (Phi) is 7.00. The van der Waals surface area contributed by atoms with E-state index < -0.39 is 16.7 Å². The van der Waals surface area contributed by atoms with E-state index in [1.54, 1.807) is 24.3 Å². The topological polar surface area (TPSA) is 134 Å². The van der Waals surface area contributed by atoms with Crippen LogP contribution in [0.25, 0.3) is 11.1 Å². The maximum Gasteiger partial charge on any atom is 0.276 e. The van der Waals surface area contributed by atoms with E-state index in [-0.39, 0.29) is 22.9 Å². The summed E-state index contributed by atoms with van der Waals surface area (Å²) in [6.07, 6.45) is 0. The summed E-state index contributed by atoms with van der Waals surface area (Å²) in [6.45, 7) is -0.357. The molecule has 0 aliphatic carbocycles. The molecule has 2 N–H and O–H groups in total. The number of hydrogen-bond acceptors (Lipinski definition) is 6. The summed E-state index contributed by atoms with van der Waals surface area (Å²) in [4.78, 5) is 34.1. The van der Waals surface area contributed by atoms with Crippen LogP contribution >= 0.6 is 11.6 Å².